The molecular weight excluding hydrogens is 200 g/mol. The second kappa shape index (κ2) is 6.89. The summed E-state index contributed by atoms with van der Waals surface area (Å²) in [6.07, 6.45) is 3.64. The third kappa shape index (κ3) is 3.78. The molecule has 1 N–H and O–H groups in total. The lowest BCUT2D eigenvalue weighted by Crippen LogP contribution is -2.43. The molecule has 0 spiro atoms. The molecule has 1 amide bonds. The van der Waals surface area contributed by atoms with E-state index < -0.39 is 0 Å². The zero-order valence-electron chi connectivity index (χ0n) is 11.0. The van der Waals surface area contributed by atoms with Gasteiger partial charge in [-0.2, -0.15) is 0 Å². The van der Waals surface area contributed by atoms with E-state index in [1.165, 1.54) is 19.3 Å². The van der Waals surface area contributed by atoms with Crippen LogP contribution in [-0.4, -0.2) is 37.0 Å². The minimum absolute atomic E-state index is 0.123. The monoisotopic (exact) mass is 226 g/mol. The highest BCUT2D eigenvalue weighted by Gasteiger charge is 2.24. The Morgan fingerprint density at radius 1 is 1.38 bits per heavy atom. The van der Waals surface area contributed by atoms with Gasteiger partial charge >= 0.3 is 0 Å². The largest absolute Gasteiger partial charge is 0.342 e. The fraction of sp³-hybridized carbons (Fsp3) is 0.923. The average molecular weight is 226 g/mol. The summed E-state index contributed by atoms with van der Waals surface area (Å²) in [5, 5.41) is 3.24. The molecule has 94 valence electrons. The lowest BCUT2D eigenvalue weighted by atomic mass is 9.94. The summed E-state index contributed by atoms with van der Waals surface area (Å²) >= 11 is 0. The fourth-order valence-corrected chi connectivity index (χ4v) is 2.32. The molecule has 1 unspecified atom stereocenters. The third-order valence-corrected chi connectivity index (χ3v) is 3.63. The maximum absolute atomic E-state index is 12.1. The number of rotatable bonds is 5. The van der Waals surface area contributed by atoms with Crippen LogP contribution in [0.2, 0.25) is 0 Å². The first-order chi connectivity index (χ1) is 7.69. The first kappa shape index (κ1) is 13.5. The Bertz CT molecular complexity index is 210. The van der Waals surface area contributed by atoms with E-state index >= 15 is 0 Å². The highest BCUT2D eigenvalue weighted by Crippen LogP contribution is 2.20. The van der Waals surface area contributed by atoms with Crippen LogP contribution >= 0.6 is 0 Å². The Hall–Kier alpha value is -0.570. The SMILES string of the molecule is CCNCC(C)C(=O)N1CCC(CC)CC1. The van der Waals surface area contributed by atoms with Crippen LogP contribution in [0.5, 0.6) is 0 Å². The van der Waals surface area contributed by atoms with Gasteiger partial charge in [0, 0.05) is 25.6 Å². The summed E-state index contributed by atoms with van der Waals surface area (Å²) in [7, 11) is 0. The average Bonchev–Trinajstić information content (AvgIpc) is 2.35. The molecule has 0 saturated carbocycles. The molecule has 1 atom stereocenters. The number of hydrogen-bond donors (Lipinski definition) is 1. The molecule has 0 aliphatic carbocycles. The zero-order chi connectivity index (χ0) is 12.0. The Morgan fingerprint density at radius 2 is 2.00 bits per heavy atom. The first-order valence-electron chi connectivity index (χ1n) is 6.68. The van der Waals surface area contributed by atoms with Crippen LogP contribution < -0.4 is 5.32 Å². The quantitative estimate of drug-likeness (QED) is 0.776. The van der Waals surface area contributed by atoms with Crippen LogP contribution in [0.3, 0.4) is 0 Å². The van der Waals surface area contributed by atoms with Gasteiger partial charge in [-0.15, -0.1) is 0 Å². The maximum Gasteiger partial charge on any atom is 0.226 e. The van der Waals surface area contributed by atoms with Gasteiger partial charge in [0.15, 0.2) is 0 Å². The minimum atomic E-state index is 0.123. The van der Waals surface area contributed by atoms with Gasteiger partial charge in [0.05, 0.1) is 0 Å². The van der Waals surface area contributed by atoms with Gasteiger partial charge in [-0.25, -0.2) is 0 Å². The van der Waals surface area contributed by atoms with Crippen molar-refractivity contribution in [2.24, 2.45) is 11.8 Å². The predicted molar refractivity (Wildman–Crippen MR) is 67.3 cm³/mol. The molecule has 0 radical (unpaired) electrons. The van der Waals surface area contributed by atoms with Crippen LogP contribution in [0, 0.1) is 11.8 Å². The van der Waals surface area contributed by atoms with Gasteiger partial charge in [-0.05, 0) is 25.3 Å². The molecule has 1 aliphatic rings. The normalized spacial score (nSPS) is 19.8. The van der Waals surface area contributed by atoms with Crippen molar-refractivity contribution in [1.82, 2.24) is 10.2 Å². The number of carbonyl (C=O) groups is 1. The van der Waals surface area contributed by atoms with Crippen LogP contribution in [0.1, 0.15) is 40.0 Å². The number of hydrogen-bond acceptors (Lipinski definition) is 2. The van der Waals surface area contributed by atoms with Crippen LogP contribution in [0.4, 0.5) is 0 Å². The molecule has 0 aromatic heterocycles. The summed E-state index contributed by atoms with van der Waals surface area (Å²) in [6, 6.07) is 0. The molecule has 1 heterocycles. The number of amides is 1. The zero-order valence-corrected chi connectivity index (χ0v) is 11.0. The van der Waals surface area contributed by atoms with Crippen molar-refractivity contribution in [3.63, 3.8) is 0 Å². The lowest BCUT2D eigenvalue weighted by Gasteiger charge is -2.33. The van der Waals surface area contributed by atoms with E-state index in [4.69, 9.17) is 0 Å². The standard InChI is InChI=1S/C13H26N2O/c1-4-12-6-8-15(9-7-12)13(16)11(3)10-14-5-2/h11-12,14H,4-10H2,1-3H3. The molecule has 3 heteroatoms. The van der Waals surface area contributed by atoms with Gasteiger partial charge < -0.3 is 10.2 Å². The van der Waals surface area contributed by atoms with Gasteiger partial charge in [0.25, 0.3) is 0 Å². The van der Waals surface area contributed by atoms with E-state index in [2.05, 4.69) is 19.2 Å². The topological polar surface area (TPSA) is 32.3 Å². The maximum atomic E-state index is 12.1. The summed E-state index contributed by atoms with van der Waals surface area (Å²) in [5.74, 6) is 1.29. The van der Waals surface area contributed by atoms with E-state index in [0.29, 0.717) is 5.91 Å². The Balaban J connectivity index is 2.32. The number of carbonyl (C=O) groups excluding carboxylic acids is 1. The fourth-order valence-electron chi connectivity index (χ4n) is 2.32. The van der Waals surface area contributed by atoms with Gasteiger partial charge in [0.1, 0.15) is 0 Å². The Labute approximate surface area is 99.6 Å². The molecular formula is C13H26N2O. The molecule has 1 saturated heterocycles. The third-order valence-electron chi connectivity index (χ3n) is 3.63. The highest BCUT2D eigenvalue weighted by atomic mass is 16.2. The van der Waals surface area contributed by atoms with E-state index in [9.17, 15) is 4.79 Å². The van der Waals surface area contributed by atoms with Crippen LogP contribution in [0.25, 0.3) is 0 Å². The molecule has 16 heavy (non-hydrogen) atoms. The van der Waals surface area contributed by atoms with Crippen LogP contribution in [-0.2, 0) is 4.79 Å². The molecule has 1 fully saturated rings. The second-order valence-electron chi connectivity index (χ2n) is 4.89. The van der Waals surface area contributed by atoms with Crippen molar-refractivity contribution in [3.8, 4) is 0 Å². The Kier molecular flexibility index (Phi) is 5.81. The summed E-state index contributed by atoms with van der Waals surface area (Å²) in [6.45, 7) is 10.0. The van der Waals surface area contributed by atoms with Gasteiger partial charge in [0.2, 0.25) is 5.91 Å². The molecule has 3 nitrogen and oxygen atoms in total. The van der Waals surface area contributed by atoms with Crippen molar-refractivity contribution in [2.75, 3.05) is 26.2 Å². The first-order valence-corrected chi connectivity index (χ1v) is 6.68. The number of likely N-dealkylation sites (tertiary alicyclic amines) is 1. The van der Waals surface area contributed by atoms with Crippen molar-refractivity contribution in [2.45, 2.75) is 40.0 Å². The van der Waals surface area contributed by atoms with Gasteiger partial charge in [-0.3, -0.25) is 4.79 Å². The van der Waals surface area contributed by atoms with Crippen molar-refractivity contribution >= 4 is 5.91 Å². The number of nitrogens with zero attached hydrogens (tertiary/aromatic N) is 1. The number of piperidine rings is 1. The smallest absolute Gasteiger partial charge is 0.226 e. The molecule has 1 aliphatic heterocycles. The van der Waals surface area contributed by atoms with E-state index in [1.54, 1.807) is 0 Å². The molecule has 0 bridgehead atoms. The van der Waals surface area contributed by atoms with E-state index in [-0.39, 0.29) is 5.92 Å². The lowest BCUT2D eigenvalue weighted by molar-refractivity contribution is -0.136. The van der Waals surface area contributed by atoms with Crippen molar-refractivity contribution < 1.29 is 4.79 Å². The second-order valence-corrected chi connectivity index (χ2v) is 4.89. The van der Waals surface area contributed by atoms with Gasteiger partial charge in [-0.1, -0.05) is 27.2 Å². The van der Waals surface area contributed by atoms with E-state index in [0.717, 1.165) is 32.1 Å². The molecule has 0 aromatic rings. The predicted octanol–water partition coefficient (Wildman–Crippen LogP) is 1.88. The van der Waals surface area contributed by atoms with Crippen molar-refractivity contribution in [3.05, 3.63) is 0 Å². The van der Waals surface area contributed by atoms with E-state index in [1.807, 2.05) is 11.8 Å². The minimum Gasteiger partial charge on any atom is -0.342 e. The summed E-state index contributed by atoms with van der Waals surface area (Å²) < 4.78 is 0. The molecule has 0 aromatic carbocycles. The Morgan fingerprint density at radius 3 is 2.50 bits per heavy atom. The molecule has 1 rings (SSSR count). The highest BCUT2D eigenvalue weighted by molar-refractivity contribution is 5.78. The van der Waals surface area contributed by atoms with Crippen LogP contribution in [0.15, 0.2) is 0 Å². The summed E-state index contributed by atoms with van der Waals surface area (Å²) in [4.78, 5) is 14.1. The number of nitrogens with one attached hydrogen (secondary N) is 1. The summed E-state index contributed by atoms with van der Waals surface area (Å²) in [5.41, 5.74) is 0. The van der Waals surface area contributed by atoms with Crippen molar-refractivity contribution in [1.29, 1.82) is 0 Å².